The fourth-order valence-electron chi connectivity index (χ4n) is 1.91. The molecule has 1 aromatic heterocycles. The molecule has 0 unspecified atom stereocenters. The van der Waals surface area contributed by atoms with E-state index in [0.717, 1.165) is 12.1 Å². The second-order valence-electron chi connectivity index (χ2n) is 5.18. The third-order valence-electron chi connectivity index (χ3n) is 3.07. The first-order chi connectivity index (χ1) is 12.2. The monoisotopic (exact) mass is 403 g/mol. The van der Waals surface area contributed by atoms with Crippen molar-refractivity contribution in [2.24, 2.45) is 5.10 Å². The lowest BCUT2D eigenvalue weighted by molar-refractivity contribution is -0.137. The van der Waals surface area contributed by atoms with Crippen LogP contribution in [0.2, 0.25) is 5.02 Å². The van der Waals surface area contributed by atoms with E-state index in [0.29, 0.717) is 4.88 Å². The Balaban J connectivity index is 1.96. The van der Waals surface area contributed by atoms with Gasteiger partial charge in [0.05, 0.1) is 21.9 Å². The van der Waals surface area contributed by atoms with Gasteiger partial charge in [0.1, 0.15) is 0 Å². The minimum absolute atomic E-state index is 0.0397. The van der Waals surface area contributed by atoms with Crippen molar-refractivity contribution >= 4 is 46.2 Å². The molecule has 0 aliphatic heterocycles. The normalized spacial score (nSPS) is 12.0. The number of rotatable bonds is 5. The summed E-state index contributed by atoms with van der Waals surface area (Å²) in [6.45, 7) is 1.51. The van der Waals surface area contributed by atoms with Crippen molar-refractivity contribution in [2.75, 3.05) is 5.32 Å². The van der Waals surface area contributed by atoms with E-state index in [9.17, 15) is 22.8 Å². The molecule has 0 aliphatic rings. The zero-order valence-corrected chi connectivity index (χ0v) is 14.9. The maximum absolute atomic E-state index is 12.8. The zero-order chi connectivity index (χ0) is 19.3. The Hall–Kier alpha value is -2.39. The summed E-state index contributed by atoms with van der Waals surface area (Å²) in [4.78, 5) is 24.1. The standard InChI is InChI=1S/C16H13ClF3N3O2S/c1-9(22-23-15(25)13-3-2-6-26-13)7-14(24)21-10-4-5-12(17)11(8-10)16(18,19)20/h2-6,8H,7H2,1H3,(H,21,24)(H,23,25). The van der Waals surface area contributed by atoms with Gasteiger partial charge in [0.15, 0.2) is 0 Å². The molecule has 1 heterocycles. The molecule has 0 atom stereocenters. The Morgan fingerprint density at radius 2 is 2.00 bits per heavy atom. The van der Waals surface area contributed by atoms with E-state index in [-0.39, 0.29) is 17.8 Å². The van der Waals surface area contributed by atoms with Crippen molar-refractivity contribution < 1.29 is 22.8 Å². The topological polar surface area (TPSA) is 70.6 Å². The molecule has 1 aromatic carbocycles. The van der Waals surface area contributed by atoms with Gasteiger partial charge in [0.2, 0.25) is 5.91 Å². The van der Waals surface area contributed by atoms with Crippen molar-refractivity contribution in [3.63, 3.8) is 0 Å². The summed E-state index contributed by atoms with van der Waals surface area (Å²) in [6, 6.07) is 6.41. The molecule has 0 spiro atoms. The molecule has 26 heavy (non-hydrogen) atoms. The highest BCUT2D eigenvalue weighted by Crippen LogP contribution is 2.36. The van der Waals surface area contributed by atoms with Gasteiger partial charge in [-0.05, 0) is 36.6 Å². The fraction of sp³-hybridized carbons (Fsp3) is 0.188. The molecule has 2 amide bonds. The minimum Gasteiger partial charge on any atom is -0.326 e. The first kappa shape index (κ1) is 19.9. The summed E-state index contributed by atoms with van der Waals surface area (Å²) >= 11 is 6.76. The summed E-state index contributed by atoms with van der Waals surface area (Å²) < 4.78 is 38.4. The van der Waals surface area contributed by atoms with E-state index >= 15 is 0 Å². The fourth-order valence-corrected chi connectivity index (χ4v) is 2.74. The second kappa shape index (κ2) is 8.33. The van der Waals surface area contributed by atoms with Gasteiger partial charge in [-0.25, -0.2) is 5.43 Å². The van der Waals surface area contributed by atoms with Crippen LogP contribution < -0.4 is 10.7 Å². The molecule has 2 rings (SSSR count). The average molecular weight is 404 g/mol. The van der Waals surface area contributed by atoms with Crippen LogP contribution in [0.4, 0.5) is 18.9 Å². The number of carbonyl (C=O) groups excluding carboxylic acids is 2. The maximum Gasteiger partial charge on any atom is 0.417 e. The minimum atomic E-state index is -4.62. The van der Waals surface area contributed by atoms with Gasteiger partial charge in [0.25, 0.3) is 5.91 Å². The van der Waals surface area contributed by atoms with E-state index in [1.807, 2.05) is 0 Å². The second-order valence-corrected chi connectivity index (χ2v) is 6.54. The summed E-state index contributed by atoms with van der Waals surface area (Å²) in [5.41, 5.74) is 1.52. The Bertz CT molecular complexity index is 836. The van der Waals surface area contributed by atoms with Crippen LogP contribution in [0.25, 0.3) is 0 Å². The molecule has 0 saturated carbocycles. The highest BCUT2D eigenvalue weighted by molar-refractivity contribution is 7.12. The number of hydrazone groups is 1. The van der Waals surface area contributed by atoms with Crippen LogP contribution in [0.15, 0.2) is 40.8 Å². The number of nitrogens with one attached hydrogen (secondary N) is 2. The third kappa shape index (κ3) is 5.57. The van der Waals surface area contributed by atoms with Crippen LogP contribution >= 0.6 is 22.9 Å². The molecular weight excluding hydrogens is 391 g/mol. The lowest BCUT2D eigenvalue weighted by atomic mass is 10.2. The number of carbonyl (C=O) groups is 2. The van der Waals surface area contributed by atoms with Crippen molar-refractivity contribution in [1.82, 2.24) is 5.43 Å². The number of hydrogen-bond acceptors (Lipinski definition) is 4. The van der Waals surface area contributed by atoms with Crippen LogP contribution in [-0.2, 0) is 11.0 Å². The summed E-state index contributed by atoms with van der Waals surface area (Å²) in [5.74, 6) is -0.987. The molecule has 0 saturated heterocycles. The molecule has 2 aromatic rings. The van der Waals surface area contributed by atoms with Gasteiger partial charge in [-0.15, -0.1) is 11.3 Å². The van der Waals surface area contributed by atoms with Crippen LogP contribution in [0.5, 0.6) is 0 Å². The van der Waals surface area contributed by atoms with Crippen molar-refractivity contribution in [3.8, 4) is 0 Å². The molecular formula is C16H13ClF3N3O2S. The first-order valence-corrected chi connectivity index (χ1v) is 8.46. The Kier molecular flexibility index (Phi) is 6.38. The average Bonchev–Trinajstić information content (AvgIpc) is 3.08. The van der Waals surface area contributed by atoms with E-state index < -0.39 is 28.6 Å². The van der Waals surface area contributed by atoms with Gasteiger partial charge in [-0.1, -0.05) is 17.7 Å². The number of hydrogen-bond donors (Lipinski definition) is 2. The Morgan fingerprint density at radius 1 is 1.27 bits per heavy atom. The highest BCUT2D eigenvalue weighted by atomic mass is 35.5. The Labute approximate surface area is 155 Å². The number of alkyl halides is 3. The van der Waals surface area contributed by atoms with E-state index in [2.05, 4.69) is 15.8 Å². The quantitative estimate of drug-likeness (QED) is 0.567. The van der Waals surface area contributed by atoms with Gasteiger partial charge in [-0.3, -0.25) is 9.59 Å². The largest absolute Gasteiger partial charge is 0.417 e. The van der Waals surface area contributed by atoms with E-state index in [1.165, 1.54) is 24.3 Å². The van der Waals surface area contributed by atoms with Gasteiger partial charge in [-0.2, -0.15) is 18.3 Å². The molecule has 0 fully saturated rings. The number of thiophene rings is 1. The molecule has 2 N–H and O–H groups in total. The van der Waals surface area contributed by atoms with Gasteiger partial charge >= 0.3 is 6.18 Å². The van der Waals surface area contributed by atoms with Gasteiger partial charge < -0.3 is 5.32 Å². The van der Waals surface area contributed by atoms with Crippen molar-refractivity contribution in [1.29, 1.82) is 0 Å². The maximum atomic E-state index is 12.8. The predicted octanol–water partition coefficient (Wildman–Crippen LogP) is 4.55. The Morgan fingerprint density at radius 3 is 2.62 bits per heavy atom. The van der Waals surface area contributed by atoms with Crippen LogP contribution in [0.3, 0.4) is 0 Å². The number of anilines is 1. The smallest absolute Gasteiger partial charge is 0.326 e. The predicted molar refractivity (Wildman–Crippen MR) is 94.6 cm³/mol. The number of amides is 2. The molecule has 5 nitrogen and oxygen atoms in total. The van der Waals surface area contributed by atoms with Crippen LogP contribution in [-0.4, -0.2) is 17.5 Å². The lowest BCUT2D eigenvalue weighted by Crippen LogP contribution is -2.21. The first-order valence-electron chi connectivity index (χ1n) is 7.20. The summed E-state index contributed by atoms with van der Waals surface area (Å²) in [7, 11) is 0. The molecule has 138 valence electrons. The SMILES string of the molecule is CC(CC(=O)Nc1ccc(Cl)c(C(F)(F)F)c1)=NNC(=O)c1cccs1. The third-order valence-corrected chi connectivity index (χ3v) is 4.26. The van der Waals surface area contributed by atoms with Gasteiger partial charge in [0, 0.05) is 11.4 Å². The molecule has 0 aliphatic carbocycles. The van der Waals surface area contributed by atoms with Crippen molar-refractivity contribution in [3.05, 3.63) is 51.2 Å². The number of benzene rings is 1. The summed E-state index contributed by atoms with van der Waals surface area (Å²) in [5, 5.41) is 7.42. The van der Waals surface area contributed by atoms with Crippen LogP contribution in [0, 0.1) is 0 Å². The highest BCUT2D eigenvalue weighted by Gasteiger charge is 2.33. The lowest BCUT2D eigenvalue weighted by Gasteiger charge is -2.11. The number of halogens is 4. The number of nitrogens with zero attached hydrogens (tertiary/aromatic N) is 1. The molecule has 0 radical (unpaired) electrons. The molecule has 0 bridgehead atoms. The molecule has 10 heteroatoms. The zero-order valence-electron chi connectivity index (χ0n) is 13.4. The van der Waals surface area contributed by atoms with E-state index in [1.54, 1.807) is 17.5 Å². The van der Waals surface area contributed by atoms with Crippen LogP contribution in [0.1, 0.15) is 28.6 Å². The van der Waals surface area contributed by atoms with Crippen molar-refractivity contribution in [2.45, 2.75) is 19.5 Å². The summed E-state index contributed by atoms with van der Waals surface area (Å²) in [6.07, 6.45) is -4.82. The van der Waals surface area contributed by atoms with E-state index in [4.69, 9.17) is 11.6 Å².